The third kappa shape index (κ3) is 8.86. The van der Waals surface area contributed by atoms with Crippen LogP contribution in [0.15, 0.2) is 41.5 Å². The molecule has 0 spiro atoms. The zero-order chi connectivity index (χ0) is 30.6. The highest BCUT2D eigenvalue weighted by Crippen LogP contribution is 2.39. The summed E-state index contributed by atoms with van der Waals surface area (Å²) in [6.07, 6.45) is -3.09. The highest BCUT2D eigenvalue weighted by molar-refractivity contribution is 6.14. The molecule has 7 nitrogen and oxygen atoms in total. The number of amides is 2. The van der Waals surface area contributed by atoms with Gasteiger partial charge in [0, 0.05) is 23.9 Å². The second-order valence-corrected chi connectivity index (χ2v) is 8.77. The van der Waals surface area contributed by atoms with Crippen LogP contribution in [0.2, 0.25) is 0 Å². The van der Waals surface area contributed by atoms with Gasteiger partial charge in [0.1, 0.15) is 0 Å². The van der Waals surface area contributed by atoms with Crippen molar-refractivity contribution in [3.05, 3.63) is 58.7 Å². The van der Waals surface area contributed by atoms with Crippen LogP contribution in [0.25, 0.3) is 16.6 Å². The van der Waals surface area contributed by atoms with Crippen LogP contribution in [-0.2, 0) is 15.8 Å². The summed E-state index contributed by atoms with van der Waals surface area (Å²) in [5.74, 6) is -1.45. The van der Waals surface area contributed by atoms with Crippen molar-refractivity contribution >= 4 is 28.4 Å². The number of carbonyl (C=O) groups is 2. The van der Waals surface area contributed by atoms with Gasteiger partial charge in [0.15, 0.2) is 0 Å². The minimum atomic E-state index is -4.57. The van der Waals surface area contributed by atoms with E-state index in [1.165, 1.54) is 10.6 Å². The smallest absolute Gasteiger partial charge is 0.416 e. The van der Waals surface area contributed by atoms with E-state index in [9.17, 15) is 27.9 Å². The van der Waals surface area contributed by atoms with Gasteiger partial charge in [-0.05, 0) is 62.1 Å². The van der Waals surface area contributed by atoms with Crippen LogP contribution in [0.5, 0.6) is 5.88 Å². The lowest BCUT2D eigenvalue weighted by Gasteiger charge is -2.11. The Balaban J connectivity index is 0.00000191. The molecule has 10 heteroatoms. The number of nitrogens with zero attached hydrogens (tertiary/aromatic N) is 2. The van der Waals surface area contributed by atoms with Crippen LogP contribution in [-0.4, -0.2) is 27.2 Å². The average Bonchev–Trinajstić information content (AvgIpc) is 3.19. The number of hydrogen-bond donors (Lipinski definition) is 3. The maximum absolute atomic E-state index is 13.6. The SMILES string of the molecule is CC.CC.CCCC/C(=N\NC(=O)CCC(N)=O)c1c(O)n(-c2cc(C)cc(C)c2)c2cc(C(F)(F)F)ccc12. The summed E-state index contributed by atoms with van der Waals surface area (Å²) in [6.45, 7) is 13.7. The summed E-state index contributed by atoms with van der Waals surface area (Å²) >= 11 is 0. The van der Waals surface area contributed by atoms with E-state index in [0.717, 1.165) is 29.7 Å². The largest absolute Gasteiger partial charge is 0.494 e. The first-order valence-corrected chi connectivity index (χ1v) is 13.6. The Morgan fingerprint density at radius 3 is 2.10 bits per heavy atom. The van der Waals surface area contributed by atoms with Crippen LogP contribution >= 0.6 is 0 Å². The molecule has 3 rings (SSSR count). The molecular formula is C30H41F3N4O3. The predicted molar refractivity (Wildman–Crippen MR) is 155 cm³/mol. The number of fused-ring (bicyclic) bond motifs is 1. The first-order valence-electron chi connectivity index (χ1n) is 13.6. The van der Waals surface area contributed by atoms with Gasteiger partial charge in [-0.2, -0.15) is 18.3 Å². The van der Waals surface area contributed by atoms with Crippen molar-refractivity contribution in [1.29, 1.82) is 0 Å². The molecule has 0 aliphatic carbocycles. The number of aromatic hydroxyl groups is 1. The third-order valence-corrected chi connectivity index (χ3v) is 5.71. The lowest BCUT2D eigenvalue weighted by molar-refractivity contribution is -0.137. The van der Waals surface area contributed by atoms with E-state index < -0.39 is 23.6 Å². The fraction of sp³-hybridized carbons (Fsp3) is 0.433. The van der Waals surface area contributed by atoms with Gasteiger partial charge in [-0.3, -0.25) is 14.2 Å². The molecule has 0 saturated heterocycles. The number of hydrogen-bond acceptors (Lipinski definition) is 4. The zero-order valence-electron chi connectivity index (χ0n) is 24.4. The lowest BCUT2D eigenvalue weighted by Crippen LogP contribution is -2.22. The maximum Gasteiger partial charge on any atom is 0.416 e. The van der Waals surface area contributed by atoms with Gasteiger partial charge in [-0.25, -0.2) is 5.43 Å². The first-order chi connectivity index (χ1) is 18.9. The van der Waals surface area contributed by atoms with E-state index in [-0.39, 0.29) is 29.8 Å². The first kappa shape index (κ1) is 34.2. The number of hydrazone groups is 1. The van der Waals surface area contributed by atoms with Gasteiger partial charge in [-0.15, -0.1) is 0 Å². The van der Waals surface area contributed by atoms with Crippen molar-refractivity contribution < 1.29 is 27.9 Å². The maximum atomic E-state index is 13.6. The molecule has 40 heavy (non-hydrogen) atoms. The molecule has 0 aliphatic heterocycles. The van der Waals surface area contributed by atoms with E-state index in [4.69, 9.17) is 5.73 Å². The topological polar surface area (TPSA) is 110 Å². The van der Waals surface area contributed by atoms with E-state index in [1.807, 2.05) is 54.5 Å². The van der Waals surface area contributed by atoms with Crippen LogP contribution in [0.4, 0.5) is 13.2 Å². The molecule has 2 aromatic carbocycles. The highest BCUT2D eigenvalue weighted by Gasteiger charge is 2.32. The molecule has 0 saturated carbocycles. The van der Waals surface area contributed by atoms with Gasteiger partial charge < -0.3 is 10.8 Å². The van der Waals surface area contributed by atoms with E-state index in [1.54, 1.807) is 12.1 Å². The molecule has 1 aromatic heterocycles. The number of alkyl halides is 3. The number of halogens is 3. The fourth-order valence-electron chi connectivity index (χ4n) is 4.08. The van der Waals surface area contributed by atoms with Crippen LogP contribution < -0.4 is 11.2 Å². The van der Waals surface area contributed by atoms with Crippen LogP contribution in [0.1, 0.15) is 89.0 Å². The molecule has 2 amide bonds. The summed E-state index contributed by atoms with van der Waals surface area (Å²) in [6, 6.07) is 8.72. The zero-order valence-corrected chi connectivity index (χ0v) is 24.4. The molecule has 0 radical (unpaired) electrons. The Bertz CT molecular complexity index is 1310. The van der Waals surface area contributed by atoms with Crippen LogP contribution in [0, 0.1) is 13.8 Å². The van der Waals surface area contributed by atoms with Gasteiger partial charge >= 0.3 is 6.18 Å². The minimum absolute atomic E-state index is 0.150. The Morgan fingerprint density at radius 1 is 0.975 bits per heavy atom. The number of rotatable bonds is 9. The number of benzene rings is 2. The van der Waals surface area contributed by atoms with Crippen molar-refractivity contribution in [2.45, 2.75) is 86.7 Å². The second-order valence-electron chi connectivity index (χ2n) is 8.77. The van der Waals surface area contributed by atoms with E-state index >= 15 is 0 Å². The van der Waals surface area contributed by atoms with Crippen molar-refractivity contribution in [1.82, 2.24) is 9.99 Å². The summed E-state index contributed by atoms with van der Waals surface area (Å²) in [5.41, 5.74) is 9.58. The number of nitrogens with one attached hydrogen (secondary N) is 1. The summed E-state index contributed by atoms with van der Waals surface area (Å²) in [4.78, 5) is 23.1. The van der Waals surface area contributed by atoms with E-state index in [0.29, 0.717) is 29.6 Å². The second kappa shape index (κ2) is 15.7. The molecule has 0 unspecified atom stereocenters. The Kier molecular flexibility index (Phi) is 13.4. The summed E-state index contributed by atoms with van der Waals surface area (Å²) in [5, 5.41) is 15.9. The molecule has 1 heterocycles. The number of carbonyl (C=O) groups excluding carboxylic acids is 2. The monoisotopic (exact) mass is 562 g/mol. The normalized spacial score (nSPS) is 11.3. The molecular weight excluding hydrogens is 521 g/mol. The Hall–Kier alpha value is -3.82. The number of unbranched alkanes of at least 4 members (excludes halogenated alkanes) is 1. The molecule has 0 atom stereocenters. The van der Waals surface area contributed by atoms with Gasteiger partial charge in [0.05, 0.1) is 22.4 Å². The predicted octanol–water partition coefficient (Wildman–Crippen LogP) is 7.30. The quantitative estimate of drug-likeness (QED) is 0.188. The molecule has 220 valence electrons. The minimum Gasteiger partial charge on any atom is -0.494 e. The van der Waals surface area contributed by atoms with Crippen molar-refractivity contribution in [2.75, 3.05) is 0 Å². The van der Waals surface area contributed by atoms with E-state index in [2.05, 4.69) is 10.5 Å². The molecule has 0 fully saturated rings. The van der Waals surface area contributed by atoms with Gasteiger partial charge in [0.2, 0.25) is 17.7 Å². The van der Waals surface area contributed by atoms with Gasteiger partial charge in [-0.1, -0.05) is 53.2 Å². The third-order valence-electron chi connectivity index (χ3n) is 5.71. The molecule has 4 N–H and O–H groups in total. The van der Waals surface area contributed by atoms with Crippen LogP contribution in [0.3, 0.4) is 0 Å². The lowest BCUT2D eigenvalue weighted by atomic mass is 10.0. The van der Waals surface area contributed by atoms with Crippen molar-refractivity contribution in [2.24, 2.45) is 10.8 Å². The number of nitrogens with two attached hydrogens (primary N) is 1. The average molecular weight is 563 g/mol. The van der Waals surface area contributed by atoms with Crippen molar-refractivity contribution in [3.63, 3.8) is 0 Å². The number of aromatic nitrogens is 1. The molecule has 0 bridgehead atoms. The molecule has 3 aromatic rings. The highest BCUT2D eigenvalue weighted by atomic mass is 19.4. The standard InChI is InChI=1S/C26H29F3N4O3.2C2H6/c1-4-5-6-20(31-32-23(35)10-9-22(30)34)24-19-8-7-17(26(27,28)29)14-21(19)33(25(24)36)18-12-15(2)11-16(3)13-18;2*1-2/h7-8,11-14,36H,4-6,9-10H2,1-3H3,(H2,30,34)(H,32,35);2*1-2H3/b31-20+;;. The number of aryl methyl sites for hydroxylation is 2. The summed E-state index contributed by atoms with van der Waals surface area (Å²) < 4.78 is 42.1. The molecule has 0 aliphatic rings. The fourth-order valence-corrected chi connectivity index (χ4v) is 4.08. The Labute approximate surface area is 234 Å². The van der Waals surface area contributed by atoms with Gasteiger partial charge in [0.25, 0.3) is 0 Å². The Morgan fingerprint density at radius 2 is 1.57 bits per heavy atom. The summed E-state index contributed by atoms with van der Waals surface area (Å²) in [7, 11) is 0. The number of primary amides is 1. The van der Waals surface area contributed by atoms with Crippen molar-refractivity contribution in [3.8, 4) is 11.6 Å².